The van der Waals surface area contributed by atoms with Crippen molar-refractivity contribution in [2.24, 2.45) is 0 Å². The molecule has 0 rings (SSSR count). The molecule has 0 radical (unpaired) electrons. The van der Waals surface area contributed by atoms with Gasteiger partial charge in [-0.3, -0.25) is 0 Å². The monoisotopic (exact) mass is 244 g/mol. The molecule has 0 aromatic carbocycles. The Morgan fingerprint density at radius 2 is 0.765 bits per heavy atom. The molecule has 1 heteroatoms. The maximum absolute atomic E-state index is 2.33. The van der Waals surface area contributed by atoms with Crippen LogP contribution >= 0.6 is 0 Å². The summed E-state index contributed by atoms with van der Waals surface area (Å²) < 4.78 is 1.42. The molecule has 0 heterocycles. The van der Waals surface area contributed by atoms with E-state index in [0.717, 1.165) is 0 Å². The predicted molar refractivity (Wildman–Crippen MR) is 81.5 cm³/mol. The average molecular weight is 244 g/mol. The van der Waals surface area contributed by atoms with Gasteiger partial charge >= 0.3 is 0 Å². The summed E-state index contributed by atoms with van der Waals surface area (Å²) in [5.41, 5.74) is 0. The van der Waals surface area contributed by atoms with Crippen LogP contribution in [0.1, 0.15) is 80.5 Å². The molecule has 0 spiro atoms. The second-order valence-corrected chi connectivity index (χ2v) is 5.65. The first-order valence-corrected chi connectivity index (χ1v) is 8.09. The third-order valence-electron chi connectivity index (χ3n) is 3.94. The van der Waals surface area contributed by atoms with Gasteiger partial charge in [-0.05, 0) is 25.7 Å². The zero-order valence-electron chi connectivity index (χ0n) is 12.9. The maximum Gasteiger partial charge on any atom is 0.0786 e. The van der Waals surface area contributed by atoms with Crippen LogP contribution in [0.2, 0.25) is 0 Å². The smallest absolute Gasteiger partial charge is 0.0786 e. The van der Waals surface area contributed by atoms with Crippen molar-refractivity contribution in [2.75, 3.05) is 26.2 Å². The molecular weight excluding hydrogens is 206 g/mol. The van der Waals surface area contributed by atoms with E-state index < -0.39 is 0 Å². The number of hydrogen-bond acceptors (Lipinski definition) is 0. The minimum absolute atomic E-state index is 0. The topological polar surface area (TPSA) is 0 Å². The van der Waals surface area contributed by atoms with E-state index in [9.17, 15) is 0 Å². The zero-order valence-corrected chi connectivity index (χ0v) is 12.9. The van der Waals surface area contributed by atoms with Crippen LogP contribution in [-0.4, -0.2) is 30.7 Å². The first-order valence-electron chi connectivity index (χ1n) is 8.09. The van der Waals surface area contributed by atoms with E-state index >= 15 is 0 Å². The standard InChI is InChI=1S/C16H36N.H2/c1-5-9-13-17(14-10-6-2,15-11-7-3)16-12-8-4;/h5-16H2,1-4H3;1H/q+1;. The minimum atomic E-state index is 0. The van der Waals surface area contributed by atoms with Crippen LogP contribution in [0, 0.1) is 0 Å². The normalized spacial score (nSPS) is 12.0. The van der Waals surface area contributed by atoms with Crippen LogP contribution in [0.3, 0.4) is 0 Å². The number of quaternary nitrogens is 1. The molecule has 0 fully saturated rings. The molecule has 0 aliphatic rings. The Morgan fingerprint density at radius 1 is 0.529 bits per heavy atom. The fraction of sp³-hybridized carbons (Fsp3) is 1.00. The summed E-state index contributed by atoms with van der Waals surface area (Å²) in [4.78, 5) is 0. The molecule has 0 N–H and O–H groups in total. The average Bonchev–Trinajstić information content (AvgIpc) is 2.37. The van der Waals surface area contributed by atoms with E-state index in [-0.39, 0.29) is 1.43 Å². The number of hydrogen-bond donors (Lipinski definition) is 0. The fourth-order valence-electron chi connectivity index (χ4n) is 2.64. The van der Waals surface area contributed by atoms with Crippen molar-refractivity contribution in [3.05, 3.63) is 0 Å². The van der Waals surface area contributed by atoms with E-state index in [4.69, 9.17) is 0 Å². The summed E-state index contributed by atoms with van der Waals surface area (Å²) in [6.07, 6.45) is 11.1. The Hall–Kier alpha value is -0.0400. The first-order chi connectivity index (χ1) is 8.24. The van der Waals surface area contributed by atoms with Gasteiger partial charge in [-0.2, -0.15) is 0 Å². The Bertz CT molecular complexity index is 122. The molecular formula is C16H38N+. The molecule has 17 heavy (non-hydrogen) atoms. The lowest BCUT2D eigenvalue weighted by Crippen LogP contribution is -2.50. The van der Waals surface area contributed by atoms with E-state index in [1.807, 2.05) is 0 Å². The van der Waals surface area contributed by atoms with Gasteiger partial charge < -0.3 is 4.48 Å². The van der Waals surface area contributed by atoms with Crippen molar-refractivity contribution >= 4 is 0 Å². The lowest BCUT2D eigenvalue weighted by atomic mass is 10.1. The lowest BCUT2D eigenvalue weighted by molar-refractivity contribution is -0.929. The van der Waals surface area contributed by atoms with Gasteiger partial charge in [0.15, 0.2) is 0 Å². The van der Waals surface area contributed by atoms with Crippen LogP contribution in [0.5, 0.6) is 0 Å². The van der Waals surface area contributed by atoms with Gasteiger partial charge in [-0.25, -0.2) is 0 Å². The molecule has 0 amide bonds. The van der Waals surface area contributed by atoms with Crippen LogP contribution in [0.4, 0.5) is 0 Å². The minimum Gasteiger partial charge on any atom is -0.324 e. The van der Waals surface area contributed by atoms with Crippen molar-refractivity contribution in [1.29, 1.82) is 0 Å². The number of rotatable bonds is 12. The van der Waals surface area contributed by atoms with Crippen molar-refractivity contribution < 1.29 is 5.91 Å². The van der Waals surface area contributed by atoms with E-state index in [1.165, 1.54) is 82.0 Å². The largest absolute Gasteiger partial charge is 0.324 e. The van der Waals surface area contributed by atoms with Crippen LogP contribution in [0.15, 0.2) is 0 Å². The molecule has 0 atom stereocenters. The predicted octanol–water partition coefficient (Wildman–Crippen LogP) is 5.25. The summed E-state index contributed by atoms with van der Waals surface area (Å²) in [6.45, 7) is 15.0. The highest BCUT2D eigenvalue weighted by Gasteiger charge is 2.24. The highest BCUT2D eigenvalue weighted by molar-refractivity contribution is 4.49. The summed E-state index contributed by atoms with van der Waals surface area (Å²) in [6, 6.07) is 0. The lowest BCUT2D eigenvalue weighted by Gasteiger charge is -2.39. The van der Waals surface area contributed by atoms with Crippen molar-refractivity contribution in [3.8, 4) is 0 Å². The summed E-state index contributed by atoms with van der Waals surface area (Å²) >= 11 is 0. The van der Waals surface area contributed by atoms with Gasteiger partial charge in [0.05, 0.1) is 26.2 Å². The molecule has 0 aliphatic heterocycles. The quantitative estimate of drug-likeness (QED) is 0.411. The third-order valence-corrected chi connectivity index (χ3v) is 3.94. The molecule has 106 valence electrons. The van der Waals surface area contributed by atoms with E-state index in [1.54, 1.807) is 0 Å². The summed E-state index contributed by atoms with van der Waals surface area (Å²) in [7, 11) is 0. The SMILES string of the molecule is CCCC[N+](CCCC)(CCCC)CCCC.[HH]. The van der Waals surface area contributed by atoms with Crippen molar-refractivity contribution in [1.82, 2.24) is 0 Å². The zero-order chi connectivity index (χ0) is 13.0. The van der Waals surface area contributed by atoms with E-state index in [0.29, 0.717) is 0 Å². The summed E-state index contributed by atoms with van der Waals surface area (Å²) in [5.74, 6) is 0. The van der Waals surface area contributed by atoms with Gasteiger partial charge in [0.25, 0.3) is 0 Å². The Labute approximate surface area is 112 Å². The maximum atomic E-state index is 2.33. The number of unbranched alkanes of at least 4 members (excludes halogenated alkanes) is 4. The molecule has 0 aromatic heterocycles. The fourth-order valence-corrected chi connectivity index (χ4v) is 2.64. The third kappa shape index (κ3) is 7.81. The molecule has 0 aromatic rings. The van der Waals surface area contributed by atoms with Crippen LogP contribution in [-0.2, 0) is 0 Å². The molecule has 0 saturated heterocycles. The highest BCUT2D eigenvalue weighted by atomic mass is 15.3. The van der Waals surface area contributed by atoms with Gasteiger partial charge in [0.1, 0.15) is 0 Å². The van der Waals surface area contributed by atoms with Gasteiger partial charge in [-0.1, -0.05) is 53.4 Å². The van der Waals surface area contributed by atoms with Crippen LogP contribution in [0.25, 0.3) is 0 Å². The van der Waals surface area contributed by atoms with Crippen LogP contribution < -0.4 is 0 Å². The second-order valence-electron chi connectivity index (χ2n) is 5.65. The highest BCUT2D eigenvalue weighted by Crippen LogP contribution is 2.16. The van der Waals surface area contributed by atoms with Crippen molar-refractivity contribution in [3.63, 3.8) is 0 Å². The number of nitrogens with zero attached hydrogens (tertiary/aromatic N) is 1. The van der Waals surface area contributed by atoms with E-state index in [2.05, 4.69) is 27.7 Å². The Balaban J connectivity index is 0. The Kier molecular flexibility index (Phi) is 11.0. The molecule has 0 unspecified atom stereocenters. The van der Waals surface area contributed by atoms with Gasteiger partial charge in [0, 0.05) is 1.43 Å². The molecule has 0 bridgehead atoms. The Morgan fingerprint density at radius 3 is 0.941 bits per heavy atom. The first kappa shape index (κ1) is 17.0. The summed E-state index contributed by atoms with van der Waals surface area (Å²) in [5, 5.41) is 0. The second kappa shape index (κ2) is 11.1. The molecule has 1 nitrogen and oxygen atoms in total. The van der Waals surface area contributed by atoms with Gasteiger partial charge in [-0.15, -0.1) is 0 Å². The van der Waals surface area contributed by atoms with Crippen molar-refractivity contribution in [2.45, 2.75) is 79.1 Å². The molecule has 0 aliphatic carbocycles. The molecule has 0 saturated carbocycles. The van der Waals surface area contributed by atoms with Gasteiger partial charge in [0.2, 0.25) is 0 Å².